The van der Waals surface area contributed by atoms with E-state index in [4.69, 9.17) is 9.47 Å². The second kappa shape index (κ2) is 9.61. The van der Waals surface area contributed by atoms with E-state index in [0.29, 0.717) is 18.0 Å². The van der Waals surface area contributed by atoms with Crippen LogP contribution in [0.25, 0.3) is 6.08 Å². The highest BCUT2D eigenvalue weighted by atomic mass is 19.1. The zero-order valence-electron chi connectivity index (χ0n) is 13.6. The van der Waals surface area contributed by atoms with Gasteiger partial charge in [-0.2, -0.15) is 0 Å². The minimum atomic E-state index is -0.666. The highest BCUT2D eigenvalue weighted by molar-refractivity contribution is 5.89. The first-order valence-electron chi connectivity index (χ1n) is 7.37. The van der Waals surface area contributed by atoms with Crippen molar-refractivity contribution < 1.29 is 23.5 Å². The summed E-state index contributed by atoms with van der Waals surface area (Å²) in [5.41, 5.74) is 0.488. The van der Waals surface area contributed by atoms with Gasteiger partial charge in [0.1, 0.15) is 0 Å². The Bertz CT molecular complexity index is 570. The highest BCUT2D eigenvalue weighted by Gasteiger charge is 2.06. The van der Waals surface area contributed by atoms with Crippen molar-refractivity contribution in [1.82, 2.24) is 5.32 Å². The molecule has 1 aromatic carbocycles. The highest BCUT2D eigenvalue weighted by Crippen LogP contribution is 2.18. The molecular weight excluding hydrogens is 301 g/mol. The van der Waals surface area contributed by atoms with Crippen LogP contribution >= 0.6 is 0 Å². The van der Waals surface area contributed by atoms with Crippen LogP contribution in [0, 0.1) is 11.7 Å². The number of carbonyl (C=O) groups is 2. The molecule has 0 atom stereocenters. The predicted molar refractivity (Wildman–Crippen MR) is 85.4 cm³/mol. The molecule has 0 saturated carbocycles. The third-order valence-electron chi connectivity index (χ3n) is 2.98. The molecule has 1 amide bonds. The summed E-state index contributed by atoms with van der Waals surface area (Å²) in [4.78, 5) is 22.9. The summed E-state index contributed by atoms with van der Waals surface area (Å²) in [6.07, 6.45) is 3.41. The van der Waals surface area contributed by atoms with Gasteiger partial charge in [0.15, 0.2) is 18.2 Å². The van der Waals surface area contributed by atoms with Gasteiger partial charge in [0, 0.05) is 12.6 Å². The number of hydrogen-bond donors (Lipinski definition) is 1. The summed E-state index contributed by atoms with van der Waals surface area (Å²) in [6.45, 7) is 4.32. The molecule has 126 valence electrons. The lowest BCUT2D eigenvalue weighted by Gasteiger charge is -2.07. The number of nitrogens with one attached hydrogen (secondary N) is 1. The maximum Gasteiger partial charge on any atom is 0.331 e. The largest absolute Gasteiger partial charge is 0.494 e. The Kier molecular flexibility index (Phi) is 7.80. The standard InChI is InChI=1S/C17H22FNO4/c1-12(2)8-9-19-16(20)11-23-17(21)7-5-13-4-6-15(22-3)14(18)10-13/h4-7,10,12H,8-9,11H2,1-3H3,(H,19,20)/b7-5+. The minimum Gasteiger partial charge on any atom is -0.494 e. The van der Waals surface area contributed by atoms with Crippen molar-refractivity contribution in [2.24, 2.45) is 5.92 Å². The number of benzene rings is 1. The first-order chi connectivity index (χ1) is 10.9. The molecule has 0 unspecified atom stereocenters. The summed E-state index contributed by atoms with van der Waals surface area (Å²) in [7, 11) is 1.37. The molecule has 0 radical (unpaired) electrons. The van der Waals surface area contributed by atoms with Crippen molar-refractivity contribution in [2.45, 2.75) is 20.3 Å². The molecule has 0 fully saturated rings. The van der Waals surface area contributed by atoms with E-state index >= 15 is 0 Å². The van der Waals surface area contributed by atoms with Gasteiger partial charge in [-0.3, -0.25) is 4.79 Å². The van der Waals surface area contributed by atoms with Crippen molar-refractivity contribution in [3.8, 4) is 5.75 Å². The average molecular weight is 323 g/mol. The van der Waals surface area contributed by atoms with Crippen molar-refractivity contribution in [2.75, 3.05) is 20.3 Å². The van der Waals surface area contributed by atoms with Crippen LogP contribution < -0.4 is 10.1 Å². The molecule has 5 nitrogen and oxygen atoms in total. The van der Waals surface area contributed by atoms with Crippen molar-refractivity contribution >= 4 is 18.0 Å². The fourth-order valence-corrected chi connectivity index (χ4v) is 1.69. The molecule has 23 heavy (non-hydrogen) atoms. The SMILES string of the molecule is COc1ccc(/C=C/C(=O)OCC(=O)NCCC(C)C)cc1F. The van der Waals surface area contributed by atoms with Crippen LogP contribution in [0.5, 0.6) is 5.75 Å². The monoisotopic (exact) mass is 323 g/mol. The number of amides is 1. The van der Waals surface area contributed by atoms with E-state index in [2.05, 4.69) is 19.2 Å². The van der Waals surface area contributed by atoms with E-state index in [1.807, 2.05) is 0 Å². The van der Waals surface area contributed by atoms with Gasteiger partial charge in [0.25, 0.3) is 5.91 Å². The number of esters is 1. The van der Waals surface area contributed by atoms with E-state index in [9.17, 15) is 14.0 Å². The van der Waals surface area contributed by atoms with E-state index in [-0.39, 0.29) is 18.3 Å². The van der Waals surface area contributed by atoms with Crippen LogP contribution in [0.15, 0.2) is 24.3 Å². The van der Waals surface area contributed by atoms with Crippen molar-refractivity contribution in [1.29, 1.82) is 0 Å². The first-order valence-corrected chi connectivity index (χ1v) is 7.37. The first kappa shape index (κ1) is 18.7. The molecule has 0 aliphatic rings. The van der Waals surface area contributed by atoms with Crippen LogP contribution in [-0.2, 0) is 14.3 Å². The maximum absolute atomic E-state index is 13.5. The quantitative estimate of drug-likeness (QED) is 0.590. The Morgan fingerprint density at radius 3 is 2.70 bits per heavy atom. The van der Waals surface area contributed by atoms with Crippen LogP contribution in [0.1, 0.15) is 25.8 Å². The van der Waals surface area contributed by atoms with Crippen molar-refractivity contribution in [3.05, 3.63) is 35.7 Å². The molecule has 0 aromatic heterocycles. The molecule has 1 rings (SSSR count). The summed E-state index contributed by atoms with van der Waals surface area (Å²) < 4.78 is 23.1. The second-order valence-corrected chi connectivity index (χ2v) is 5.37. The molecule has 0 aliphatic carbocycles. The topological polar surface area (TPSA) is 64.6 Å². The van der Waals surface area contributed by atoms with Crippen LogP contribution in [0.3, 0.4) is 0 Å². The lowest BCUT2D eigenvalue weighted by molar-refractivity contribution is -0.143. The Balaban J connectivity index is 2.38. The summed E-state index contributed by atoms with van der Waals surface area (Å²) in [6, 6.07) is 4.30. The van der Waals surface area contributed by atoms with Gasteiger partial charge < -0.3 is 14.8 Å². The lowest BCUT2D eigenvalue weighted by Crippen LogP contribution is -2.29. The molecule has 0 aliphatic heterocycles. The molecule has 0 heterocycles. The molecule has 6 heteroatoms. The molecule has 1 N–H and O–H groups in total. The lowest BCUT2D eigenvalue weighted by atomic mass is 10.1. The third-order valence-corrected chi connectivity index (χ3v) is 2.98. The zero-order valence-corrected chi connectivity index (χ0v) is 13.6. The number of methoxy groups -OCH3 is 1. The van der Waals surface area contributed by atoms with Gasteiger partial charge in [-0.1, -0.05) is 19.9 Å². The summed E-state index contributed by atoms with van der Waals surface area (Å²) in [5, 5.41) is 2.66. The number of ether oxygens (including phenoxy) is 2. The van der Waals surface area contributed by atoms with Crippen LogP contribution in [-0.4, -0.2) is 32.1 Å². The number of hydrogen-bond acceptors (Lipinski definition) is 4. The van der Waals surface area contributed by atoms with Gasteiger partial charge >= 0.3 is 5.97 Å². The number of rotatable bonds is 8. The number of carbonyl (C=O) groups excluding carboxylic acids is 2. The van der Waals surface area contributed by atoms with E-state index in [0.717, 1.165) is 12.5 Å². The Morgan fingerprint density at radius 2 is 2.09 bits per heavy atom. The third kappa shape index (κ3) is 7.44. The molecule has 0 saturated heterocycles. The van der Waals surface area contributed by atoms with Gasteiger partial charge in [-0.15, -0.1) is 0 Å². The maximum atomic E-state index is 13.5. The molecule has 0 spiro atoms. The molecule has 1 aromatic rings. The zero-order chi connectivity index (χ0) is 17.2. The van der Waals surface area contributed by atoms with Gasteiger partial charge in [-0.25, -0.2) is 9.18 Å². The Hall–Kier alpha value is -2.37. The van der Waals surface area contributed by atoms with E-state index < -0.39 is 11.8 Å². The summed E-state index contributed by atoms with van der Waals surface area (Å²) >= 11 is 0. The Labute approximate surface area is 135 Å². The molecule has 0 bridgehead atoms. The minimum absolute atomic E-state index is 0.128. The second-order valence-electron chi connectivity index (χ2n) is 5.37. The normalized spacial score (nSPS) is 10.8. The smallest absolute Gasteiger partial charge is 0.331 e. The van der Waals surface area contributed by atoms with Crippen LogP contribution in [0.2, 0.25) is 0 Å². The van der Waals surface area contributed by atoms with E-state index in [1.54, 1.807) is 6.07 Å². The summed E-state index contributed by atoms with van der Waals surface area (Å²) in [5.74, 6) is -0.913. The van der Waals surface area contributed by atoms with Crippen LogP contribution in [0.4, 0.5) is 4.39 Å². The average Bonchev–Trinajstić information content (AvgIpc) is 2.50. The van der Waals surface area contributed by atoms with Crippen molar-refractivity contribution in [3.63, 3.8) is 0 Å². The predicted octanol–water partition coefficient (Wildman–Crippen LogP) is 2.55. The van der Waals surface area contributed by atoms with Gasteiger partial charge in [-0.05, 0) is 36.1 Å². The van der Waals surface area contributed by atoms with Gasteiger partial charge in [0.2, 0.25) is 0 Å². The van der Waals surface area contributed by atoms with E-state index in [1.165, 1.54) is 25.3 Å². The Morgan fingerprint density at radius 1 is 1.35 bits per heavy atom. The number of halogens is 1. The van der Waals surface area contributed by atoms with Gasteiger partial charge in [0.05, 0.1) is 7.11 Å². The molecular formula is C17H22FNO4. The fourth-order valence-electron chi connectivity index (χ4n) is 1.69. The fraction of sp³-hybridized carbons (Fsp3) is 0.412.